The molecular weight excluding hydrogens is 248 g/mol. The number of benzene rings is 1. The minimum atomic E-state index is -0.292. The molecule has 6 heteroatoms. The molecular formula is C13H16N2O4. The normalized spacial score (nSPS) is 17.9. The van der Waals surface area contributed by atoms with Crippen molar-refractivity contribution in [2.45, 2.75) is 18.9 Å². The molecule has 1 aliphatic rings. The first-order valence-corrected chi connectivity index (χ1v) is 6.04. The zero-order chi connectivity index (χ0) is 13.8. The third kappa shape index (κ3) is 3.15. The van der Waals surface area contributed by atoms with Crippen LogP contribution in [0.2, 0.25) is 0 Å². The molecule has 1 atom stereocenters. The molecule has 1 saturated heterocycles. The van der Waals surface area contributed by atoms with Crippen molar-refractivity contribution in [2.75, 3.05) is 13.7 Å². The Kier molecular flexibility index (Phi) is 3.89. The number of carbonyl (C=O) groups excluding carboxylic acids is 2. The maximum Gasteiger partial charge on any atom is 0.251 e. The number of nitrogens with one attached hydrogen (secondary N) is 2. The SMILES string of the molecule is COc1ccc(C(=O)NCC2CCC(=O)N2)cc1O. The largest absolute Gasteiger partial charge is 0.504 e. The lowest BCUT2D eigenvalue weighted by atomic mass is 10.1. The van der Waals surface area contributed by atoms with Crippen LogP contribution in [0.1, 0.15) is 23.2 Å². The van der Waals surface area contributed by atoms with Gasteiger partial charge in [0, 0.05) is 24.6 Å². The number of rotatable bonds is 4. The van der Waals surface area contributed by atoms with Crippen molar-refractivity contribution in [3.63, 3.8) is 0 Å². The number of amides is 2. The molecule has 6 nitrogen and oxygen atoms in total. The van der Waals surface area contributed by atoms with Gasteiger partial charge in [-0.1, -0.05) is 0 Å². The molecule has 102 valence electrons. The van der Waals surface area contributed by atoms with Crippen molar-refractivity contribution in [1.82, 2.24) is 10.6 Å². The molecule has 1 aromatic carbocycles. The highest BCUT2D eigenvalue weighted by Gasteiger charge is 2.21. The van der Waals surface area contributed by atoms with E-state index in [2.05, 4.69) is 10.6 Å². The Hall–Kier alpha value is -2.24. The van der Waals surface area contributed by atoms with Crippen LogP contribution in [-0.2, 0) is 4.79 Å². The predicted octanol–water partition coefficient (Wildman–Crippen LogP) is 0.409. The van der Waals surface area contributed by atoms with Crippen LogP contribution in [0.3, 0.4) is 0 Å². The van der Waals surface area contributed by atoms with E-state index in [-0.39, 0.29) is 23.6 Å². The Morgan fingerprint density at radius 1 is 1.58 bits per heavy atom. The van der Waals surface area contributed by atoms with Gasteiger partial charge in [0.1, 0.15) is 0 Å². The Morgan fingerprint density at radius 3 is 2.95 bits per heavy atom. The molecule has 0 aliphatic carbocycles. The molecule has 19 heavy (non-hydrogen) atoms. The lowest BCUT2D eigenvalue weighted by molar-refractivity contribution is -0.119. The van der Waals surface area contributed by atoms with Crippen LogP contribution in [0.25, 0.3) is 0 Å². The van der Waals surface area contributed by atoms with Crippen molar-refractivity contribution in [3.05, 3.63) is 23.8 Å². The summed E-state index contributed by atoms with van der Waals surface area (Å²) < 4.78 is 4.90. The van der Waals surface area contributed by atoms with Crippen molar-refractivity contribution >= 4 is 11.8 Å². The lowest BCUT2D eigenvalue weighted by Crippen LogP contribution is -2.38. The summed E-state index contributed by atoms with van der Waals surface area (Å²) in [4.78, 5) is 22.9. The van der Waals surface area contributed by atoms with E-state index in [4.69, 9.17) is 4.74 Å². The van der Waals surface area contributed by atoms with Crippen LogP contribution in [0.5, 0.6) is 11.5 Å². The topological polar surface area (TPSA) is 87.7 Å². The van der Waals surface area contributed by atoms with Gasteiger partial charge in [-0.05, 0) is 24.6 Å². The minimum Gasteiger partial charge on any atom is -0.504 e. The van der Waals surface area contributed by atoms with Crippen molar-refractivity contribution < 1.29 is 19.4 Å². The summed E-state index contributed by atoms with van der Waals surface area (Å²) in [5.74, 6) is -0.0376. The standard InChI is InChI=1S/C13H16N2O4/c1-19-11-4-2-8(6-10(11)16)13(18)14-7-9-3-5-12(17)15-9/h2,4,6,9,16H,3,5,7H2,1H3,(H,14,18)(H,15,17). The average molecular weight is 264 g/mol. The van der Waals surface area contributed by atoms with Gasteiger partial charge < -0.3 is 20.5 Å². The van der Waals surface area contributed by atoms with Crippen molar-refractivity contribution in [2.24, 2.45) is 0 Å². The minimum absolute atomic E-state index is 0.0108. The molecule has 0 saturated carbocycles. The first kappa shape index (κ1) is 13.2. The van der Waals surface area contributed by atoms with Crippen LogP contribution in [0.15, 0.2) is 18.2 Å². The fraction of sp³-hybridized carbons (Fsp3) is 0.385. The Labute approximate surface area is 110 Å². The molecule has 1 aliphatic heterocycles. The molecule has 1 fully saturated rings. The summed E-state index contributed by atoms with van der Waals surface area (Å²) in [7, 11) is 1.44. The number of aromatic hydroxyl groups is 1. The van der Waals surface area contributed by atoms with E-state index in [0.29, 0.717) is 24.3 Å². The van der Waals surface area contributed by atoms with Gasteiger partial charge in [0.05, 0.1) is 7.11 Å². The molecule has 3 N–H and O–H groups in total. The molecule has 0 aromatic heterocycles. The summed E-state index contributed by atoms with van der Waals surface area (Å²) in [6, 6.07) is 4.44. The molecule has 1 heterocycles. The van der Waals surface area contributed by atoms with Crippen LogP contribution in [-0.4, -0.2) is 36.6 Å². The quantitative estimate of drug-likeness (QED) is 0.735. The van der Waals surface area contributed by atoms with Gasteiger partial charge in [-0.25, -0.2) is 0 Å². The Bertz CT molecular complexity index is 501. The maximum absolute atomic E-state index is 11.9. The molecule has 2 rings (SSSR count). The number of hydrogen-bond donors (Lipinski definition) is 3. The monoisotopic (exact) mass is 264 g/mol. The van der Waals surface area contributed by atoms with E-state index in [9.17, 15) is 14.7 Å². The first-order chi connectivity index (χ1) is 9.10. The van der Waals surface area contributed by atoms with Crippen LogP contribution < -0.4 is 15.4 Å². The third-order valence-electron chi connectivity index (χ3n) is 3.04. The zero-order valence-electron chi connectivity index (χ0n) is 10.6. The first-order valence-electron chi connectivity index (χ1n) is 6.04. The lowest BCUT2D eigenvalue weighted by Gasteiger charge is -2.12. The van der Waals surface area contributed by atoms with Gasteiger partial charge >= 0.3 is 0 Å². The Balaban J connectivity index is 1.92. The van der Waals surface area contributed by atoms with E-state index in [1.54, 1.807) is 6.07 Å². The van der Waals surface area contributed by atoms with Crippen LogP contribution in [0, 0.1) is 0 Å². The van der Waals surface area contributed by atoms with E-state index in [0.717, 1.165) is 6.42 Å². The highest BCUT2D eigenvalue weighted by molar-refractivity contribution is 5.95. The molecule has 0 radical (unpaired) electrons. The predicted molar refractivity (Wildman–Crippen MR) is 68.2 cm³/mol. The fourth-order valence-electron chi connectivity index (χ4n) is 1.98. The number of hydrogen-bond acceptors (Lipinski definition) is 4. The van der Waals surface area contributed by atoms with E-state index < -0.39 is 0 Å². The average Bonchev–Trinajstić information content (AvgIpc) is 2.81. The van der Waals surface area contributed by atoms with Gasteiger partial charge in [0.2, 0.25) is 5.91 Å². The molecule has 0 spiro atoms. The maximum atomic E-state index is 11.9. The molecule has 0 bridgehead atoms. The van der Waals surface area contributed by atoms with Gasteiger partial charge in [0.25, 0.3) is 5.91 Å². The van der Waals surface area contributed by atoms with Gasteiger partial charge in [-0.3, -0.25) is 9.59 Å². The number of ether oxygens (including phenoxy) is 1. The summed E-state index contributed by atoms with van der Waals surface area (Å²) in [5.41, 5.74) is 0.350. The third-order valence-corrected chi connectivity index (χ3v) is 3.04. The molecule has 2 amide bonds. The van der Waals surface area contributed by atoms with E-state index >= 15 is 0 Å². The van der Waals surface area contributed by atoms with Crippen LogP contribution in [0.4, 0.5) is 0 Å². The highest BCUT2D eigenvalue weighted by Crippen LogP contribution is 2.26. The second-order valence-corrected chi connectivity index (χ2v) is 4.40. The number of carbonyl (C=O) groups is 2. The summed E-state index contributed by atoms with van der Waals surface area (Å²) in [5, 5.41) is 15.1. The second-order valence-electron chi connectivity index (χ2n) is 4.40. The summed E-state index contributed by atoms with van der Waals surface area (Å²) >= 11 is 0. The summed E-state index contributed by atoms with van der Waals surface area (Å²) in [6.45, 7) is 0.386. The smallest absolute Gasteiger partial charge is 0.251 e. The highest BCUT2D eigenvalue weighted by atomic mass is 16.5. The van der Waals surface area contributed by atoms with E-state index in [1.807, 2.05) is 0 Å². The summed E-state index contributed by atoms with van der Waals surface area (Å²) in [6.07, 6.45) is 1.23. The van der Waals surface area contributed by atoms with Gasteiger partial charge in [-0.2, -0.15) is 0 Å². The second kappa shape index (κ2) is 5.60. The number of phenolic OH excluding ortho intramolecular Hbond substituents is 1. The van der Waals surface area contributed by atoms with Gasteiger partial charge in [0.15, 0.2) is 11.5 Å². The number of methoxy groups -OCH3 is 1. The van der Waals surface area contributed by atoms with Crippen molar-refractivity contribution in [1.29, 1.82) is 0 Å². The number of phenols is 1. The fourth-order valence-corrected chi connectivity index (χ4v) is 1.98. The van der Waals surface area contributed by atoms with E-state index in [1.165, 1.54) is 19.2 Å². The van der Waals surface area contributed by atoms with Crippen molar-refractivity contribution in [3.8, 4) is 11.5 Å². The van der Waals surface area contributed by atoms with Gasteiger partial charge in [-0.15, -0.1) is 0 Å². The zero-order valence-corrected chi connectivity index (χ0v) is 10.6. The molecule has 1 unspecified atom stereocenters. The molecule has 1 aromatic rings. The Morgan fingerprint density at radius 2 is 2.37 bits per heavy atom. The van der Waals surface area contributed by atoms with Crippen LogP contribution >= 0.6 is 0 Å².